The molecule has 0 aliphatic rings. The van der Waals surface area contributed by atoms with Gasteiger partial charge in [-0.3, -0.25) is 4.79 Å². The van der Waals surface area contributed by atoms with Gasteiger partial charge in [0.2, 0.25) is 0 Å². The lowest BCUT2D eigenvalue weighted by molar-refractivity contribution is 0.0172. The number of methoxy groups -OCH3 is 2. The van der Waals surface area contributed by atoms with Gasteiger partial charge >= 0.3 is 0 Å². The second-order valence-electron chi connectivity index (χ2n) is 4.41. The van der Waals surface area contributed by atoms with Crippen LogP contribution in [0.1, 0.15) is 30.6 Å². The molecule has 0 saturated heterocycles. The average Bonchev–Trinajstić information content (AvgIpc) is 2.28. The van der Waals surface area contributed by atoms with Crippen molar-refractivity contribution in [2.24, 2.45) is 0 Å². The first kappa shape index (κ1) is 13.6. The van der Waals surface area contributed by atoms with Crippen molar-refractivity contribution in [1.82, 2.24) is 0 Å². The maximum absolute atomic E-state index is 13.4. The SMILES string of the molecule is COc1ccc(C(=O)CC(C)(C)OC)cc1F. The molecular formula is C13H17FO3. The molecule has 1 rings (SSSR count). The second kappa shape index (κ2) is 5.27. The molecule has 0 unspecified atom stereocenters. The van der Waals surface area contributed by atoms with Crippen LogP contribution in [0, 0.1) is 5.82 Å². The third-order valence-corrected chi connectivity index (χ3v) is 2.61. The van der Waals surface area contributed by atoms with E-state index in [2.05, 4.69) is 0 Å². The van der Waals surface area contributed by atoms with Crippen LogP contribution in [-0.2, 0) is 4.74 Å². The van der Waals surface area contributed by atoms with E-state index in [0.717, 1.165) is 0 Å². The van der Waals surface area contributed by atoms with E-state index in [1.807, 2.05) is 13.8 Å². The number of halogens is 1. The van der Waals surface area contributed by atoms with Gasteiger partial charge in [0, 0.05) is 19.1 Å². The summed E-state index contributed by atoms with van der Waals surface area (Å²) in [4.78, 5) is 11.9. The van der Waals surface area contributed by atoms with Crippen molar-refractivity contribution in [3.8, 4) is 5.75 Å². The molecule has 1 aromatic carbocycles. The molecular weight excluding hydrogens is 223 g/mol. The summed E-state index contributed by atoms with van der Waals surface area (Å²) in [6, 6.07) is 4.19. The Morgan fingerprint density at radius 3 is 2.47 bits per heavy atom. The molecule has 0 amide bonds. The number of ether oxygens (including phenoxy) is 2. The van der Waals surface area contributed by atoms with Crippen LogP contribution in [-0.4, -0.2) is 25.6 Å². The van der Waals surface area contributed by atoms with Crippen molar-refractivity contribution in [1.29, 1.82) is 0 Å². The molecule has 0 saturated carbocycles. The fraction of sp³-hybridized carbons (Fsp3) is 0.462. The predicted octanol–water partition coefficient (Wildman–Crippen LogP) is 2.83. The van der Waals surface area contributed by atoms with Gasteiger partial charge in [0.05, 0.1) is 12.7 Å². The van der Waals surface area contributed by atoms with Crippen LogP contribution < -0.4 is 4.74 Å². The summed E-state index contributed by atoms with van der Waals surface area (Å²) in [6.45, 7) is 3.62. The molecule has 0 aliphatic heterocycles. The Hall–Kier alpha value is -1.42. The Morgan fingerprint density at radius 1 is 1.35 bits per heavy atom. The van der Waals surface area contributed by atoms with E-state index < -0.39 is 11.4 Å². The first-order chi connectivity index (χ1) is 7.89. The summed E-state index contributed by atoms with van der Waals surface area (Å²) in [7, 11) is 2.93. The van der Waals surface area contributed by atoms with Gasteiger partial charge in [-0.25, -0.2) is 4.39 Å². The van der Waals surface area contributed by atoms with E-state index in [4.69, 9.17) is 9.47 Å². The molecule has 0 fully saturated rings. The molecule has 0 aromatic heterocycles. The average molecular weight is 240 g/mol. The quantitative estimate of drug-likeness (QED) is 0.742. The standard InChI is InChI=1S/C13H17FO3/c1-13(2,17-4)8-11(15)9-5-6-12(16-3)10(14)7-9/h5-7H,8H2,1-4H3. The number of Topliss-reactive ketones (excluding diaryl/α,β-unsaturated/α-hetero) is 1. The van der Waals surface area contributed by atoms with E-state index in [1.165, 1.54) is 19.2 Å². The minimum absolute atomic E-state index is 0.132. The Bertz CT molecular complexity index is 413. The highest BCUT2D eigenvalue weighted by Gasteiger charge is 2.22. The molecule has 4 heteroatoms. The largest absolute Gasteiger partial charge is 0.494 e. The normalized spacial score (nSPS) is 11.4. The van der Waals surface area contributed by atoms with Crippen LogP contribution >= 0.6 is 0 Å². The lowest BCUT2D eigenvalue weighted by Crippen LogP contribution is -2.26. The zero-order valence-electron chi connectivity index (χ0n) is 10.5. The van der Waals surface area contributed by atoms with Crippen molar-refractivity contribution in [3.63, 3.8) is 0 Å². The lowest BCUT2D eigenvalue weighted by atomic mass is 9.97. The molecule has 0 radical (unpaired) electrons. The van der Waals surface area contributed by atoms with Crippen molar-refractivity contribution >= 4 is 5.78 Å². The lowest BCUT2D eigenvalue weighted by Gasteiger charge is -2.21. The van der Waals surface area contributed by atoms with Gasteiger partial charge in [0.25, 0.3) is 0 Å². The highest BCUT2D eigenvalue weighted by molar-refractivity contribution is 5.96. The van der Waals surface area contributed by atoms with Crippen LogP contribution in [0.5, 0.6) is 5.75 Å². The van der Waals surface area contributed by atoms with Gasteiger partial charge in [0.15, 0.2) is 17.3 Å². The summed E-state index contributed by atoms with van der Waals surface area (Å²) < 4.78 is 23.4. The Morgan fingerprint density at radius 2 is 2.00 bits per heavy atom. The molecule has 94 valence electrons. The highest BCUT2D eigenvalue weighted by Crippen LogP contribution is 2.21. The third-order valence-electron chi connectivity index (χ3n) is 2.61. The summed E-state index contributed by atoms with van der Waals surface area (Å²) in [5.41, 5.74) is -0.221. The maximum Gasteiger partial charge on any atom is 0.165 e. The highest BCUT2D eigenvalue weighted by atomic mass is 19.1. The van der Waals surface area contributed by atoms with Gasteiger partial charge < -0.3 is 9.47 Å². The van der Waals surface area contributed by atoms with Gasteiger partial charge in [-0.2, -0.15) is 0 Å². The molecule has 0 aliphatic carbocycles. The summed E-state index contributed by atoms with van der Waals surface area (Å²) in [6.07, 6.45) is 0.204. The molecule has 17 heavy (non-hydrogen) atoms. The van der Waals surface area contributed by atoms with Crippen LogP contribution in [0.15, 0.2) is 18.2 Å². The number of carbonyl (C=O) groups is 1. The fourth-order valence-electron chi connectivity index (χ4n) is 1.40. The minimum atomic E-state index is -0.548. The molecule has 0 atom stereocenters. The molecule has 0 heterocycles. The van der Waals surface area contributed by atoms with Crippen LogP contribution in [0.25, 0.3) is 0 Å². The van der Waals surface area contributed by atoms with Crippen molar-refractivity contribution in [2.45, 2.75) is 25.9 Å². The van der Waals surface area contributed by atoms with Gasteiger partial charge in [-0.15, -0.1) is 0 Å². The third kappa shape index (κ3) is 3.53. The van der Waals surface area contributed by atoms with Gasteiger partial charge in [0.1, 0.15) is 0 Å². The number of rotatable bonds is 5. The first-order valence-corrected chi connectivity index (χ1v) is 5.31. The van der Waals surface area contributed by atoms with E-state index in [9.17, 15) is 9.18 Å². The van der Waals surface area contributed by atoms with E-state index in [0.29, 0.717) is 5.56 Å². The molecule has 0 N–H and O–H groups in total. The number of carbonyl (C=O) groups excluding carboxylic acids is 1. The molecule has 0 spiro atoms. The summed E-state index contributed by atoms with van der Waals surface area (Å²) in [5.74, 6) is -0.556. The van der Waals surface area contributed by atoms with E-state index >= 15 is 0 Å². The maximum atomic E-state index is 13.4. The van der Waals surface area contributed by atoms with E-state index in [1.54, 1.807) is 13.2 Å². The predicted molar refractivity (Wildman–Crippen MR) is 63.0 cm³/mol. The Labute approximate surface area is 101 Å². The van der Waals surface area contributed by atoms with Gasteiger partial charge in [-0.05, 0) is 32.0 Å². The van der Waals surface area contributed by atoms with Crippen molar-refractivity contribution < 1.29 is 18.7 Å². The van der Waals surface area contributed by atoms with Crippen LogP contribution in [0.4, 0.5) is 4.39 Å². The molecule has 3 nitrogen and oxygen atoms in total. The Kier molecular flexibility index (Phi) is 4.23. The number of hydrogen-bond donors (Lipinski definition) is 0. The zero-order valence-corrected chi connectivity index (χ0v) is 10.5. The summed E-state index contributed by atoms with van der Waals surface area (Å²) >= 11 is 0. The zero-order chi connectivity index (χ0) is 13.1. The number of ketones is 1. The minimum Gasteiger partial charge on any atom is -0.494 e. The van der Waals surface area contributed by atoms with Crippen LogP contribution in [0.3, 0.4) is 0 Å². The Balaban J connectivity index is 2.87. The fourth-order valence-corrected chi connectivity index (χ4v) is 1.40. The smallest absolute Gasteiger partial charge is 0.165 e. The monoisotopic (exact) mass is 240 g/mol. The number of benzene rings is 1. The number of hydrogen-bond acceptors (Lipinski definition) is 3. The van der Waals surface area contributed by atoms with Gasteiger partial charge in [-0.1, -0.05) is 0 Å². The van der Waals surface area contributed by atoms with E-state index in [-0.39, 0.29) is 18.0 Å². The van der Waals surface area contributed by atoms with Crippen LogP contribution in [0.2, 0.25) is 0 Å². The molecule has 1 aromatic rings. The first-order valence-electron chi connectivity index (χ1n) is 5.31. The molecule has 0 bridgehead atoms. The second-order valence-corrected chi connectivity index (χ2v) is 4.41. The van der Waals surface area contributed by atoms with Crippen molar-refractivity contribution in [2.75, 3.05) is 14.2 Å². The topological polar surface area (TPSA) is 35.5 Å². The summed E-state index contributed by atoms with van der Waals surface area (Å²) in [5, 5.41) is 0. The van der Waals surface area contributed by atoms with Crippen molar-refractivity contribution in [3.05, 3.63) is 29.6 Å².